The average molecular weight is 72.1 g/mol. The summed E-state index contributed by atoms with van der Waals surface area (Å²) in [6, 6.07) is 0.662. The van der Waals surface area contributed by atoms with Crippen LogP contribution in [0.2, 0.25) is 0 Å². The largest absolute Gasteiger partial charge is 0.268 e. The summed E-state index contributed by atoms with van der Waals surface area (Å²) >= 11 is 0. The van der Waals surface area contributed by atoms with E-state index >= 15 is 0 Å². The molecule has 0 amide bonds. The number of nitrogens with two attached hydrogens (primary N) is 1. The molecule has 1 fully saturated rings. The molecule has 2 heteroatoms. The third kappa shape index (κ3) is 0.412. The van der Waals surface area contributed by atoms with E-state index in [9.17, 15) is 0 Å². The molecule has 0 aromatic carbocycles. The van der Waals surface area contributed by atoms with Crippen LogP contribution in [0.1, 0.15) is 6.92 Å². The van der Waals surface area contributed by atoms with Gasteiger partial charge in [-0.3, -0.25) is 5.84 Å². The molecule has 1 saturated heterocycles. The van der Waals surface area contributed by atoms with E-state index in [-0.39, 0.29) is 0 Å². The van der Waals surface area contributed by atoms with Gasteiger partial charge in [-0.15, -0.1) is 0 Å². The van der Waals surface area contributed by atoms with Gasteiger partial charge in [0.05, 0.1) is 0 Å². The summed E-state index contributed by atoms with van der Waals surface area (Å²) in [5, 5.41) is 1.79. The molecule has 1 rings (SSSR count). The minimum absolute atomic E-state index is 0.662. The summed E-state index contributed by atoms with van der Waals surface area (Å²) in [4.78, 5) is 0. The van der Waals surface area contributed by atoms with Gasteiger partial charge in [0.25, 0.3) is 0 Å². The maximum atomic E-state index is 5.20. The van der Waals surface area contributed by atoms with E-state index in [1.54, 1.807) is 5.01 Å². The van der Waals surface area contributed by atoms with Crippen molar-refractivity contribution in [3.8, 4) is 0 Å². The van der Waals surface area contributed by atoms with E-state index in [0.29, 0.717) is 6.04 Å². The summed E-state index contributed by atoms with van der Waals surface area (Å²) in [7, 11) is 0. The fourth-order valence-electron chi connectivity index (χ4n) is 0.258. The monoisotopic (exact) mass is 72.1 g/mol. The lowest BCUT2D eigenvalue weighted by molar-refractivity contribution is 0.554. The minimum Gasteiger partial charge on any atom is -0.268 e. The Morgan fingerprint density at radius 1 is 2.00 bits per heavy atom. The first-order chi connectivity index (χ1) is 2.30. The van der Waals surface area contributed by atoms with Crippen molar-refractivity contribution in [1.82, 2.24) is 5.01 Å². The van der Waals surface area contributed by atoms with Crippen LogP contribution in [0.25, 0.3) is 0 Å². The van der Waals surface area contributed by atoms with Gasteiger partial charge >= 0.3 is 0 Å². The lowest BCUT2D eigenvalue weighted by Crippen LogP contribution is -2.06. The average Bonchev–Trinajstić information content (AvgIpc) is 1.79. The number of hydrogen-bond acceptors (Lipinski definition) is 2. The van der Waals surface area contributed by atoms with Crippen molar-refractivity contribution in [2.24, 2.45) is 5.84 Å². The first-order valence-corrected chi connectivity index (χ1v) is 1.82. The van der Waals surface area contributed by atoms with Crippen molar-refractivity contribution >= 4 is 0 Å². The molecule has 0 bridgehead atoms. The van der Waals surface area contributed by atoms with Gasteiger partial charge in [-0.1, -0.05) is 0 Å². The molecule has 1 heterocycles. The number of rotatable bonds is 0. The van der Waals surface area contributed by atoms with Crippen LogP contribution in [0.15, 0.2) is 0 Å². The van der Waals surface area contributed by atoms with Crippen molar-refractivity contribution in [2.75, 3.05) is 6.54 Å². The molecule has 0 spiro atoms. The first kappa shape index (κ1) is 3.12. The van der Waals surface area contributed by atoms with Gasteiger partial charge in [-0.25, -0.2) is 5.01 Å². The maximum Gasteiger partial charge on any atom is 0.0354 e. The van der Waals surface area contributed by atoms with E-state index in [1.165, 1.54) is 0 Å². The number of hydrogen-bond donors (Lipinski definition) is 1. The second-order valence-electron chi connectivity index (χ2n) is 1.55. The van der Waals surface area contributed by atoms with Crippen molar-refractivity contribution in [3.63, 3.8) is 0 Å². The van der Waals surface area contributed by atoms with Crippen LogP contribution in [-0.4, -0.2) is 17.6 Å². The minimum atomic E-state index is 0.662. The van der Waals surface area contributed by atoms with Crippen LogP contribution < -0.4 is 5.84 Å². The van der Waals surface area contributed by atoms with E-state index in [1.807, 2.05) is 0 Å². The zero-order valence-corrected chi connectivity index (χ0v) is 3.31. The van der Waals surface area contributed by atoms with Gasteiger partial charge < -0.3 is 0 Å². The molecule has 0 aromatic heterocycles. The molecule has 30 valence electrons. The van der Waals surface area contributed by atoms with Gasteiger partial charge in [0.1, 0.15) is 0 Å². The standard InChI is InChI=1S/C3H8N2/c1-3-2-5(3)4/h3H,2,4H2,1H3/t3-,5?/m0/s1. The fraction of sp³-hybridized carbons (Fsp3) is 1.00. The molecule has 0 aliphatic carbocycles. The van der Waals surface area contributed by atoms with Crippen LogP contribution in [0.3, 0.4) is 0 Å². The quantitative estimate of drug-likeness (QED) is 0.310. The summed E-state index contributed by atoms with van der Waals surface area (Å²) in [6.45, 7) is 3.18. The third-order valence-corrected chi connectivity index (χ3v) is 0.908. The molecular weight excluding hydrogens is 64.0 g/mol. The van der Waals surface area contributed by atoms with Gasteiger partial charge in [0, 0.05) is 12.6 Å². The van der Waals surface area contributed by atoms with Crippen LogP contribution in [-0.2, 0) is 0 Å². The predicted molar refractivity (Wildman–Crippen MR) is 20.4 cm³/mol. The Balaban J connectivity index is 2.20. The Kier molecular flexibility index (Phi) is 0.436. The molecule has 2 nitrogen and oxygen atoms in total. The molecule has 1 unspecified atom stereocenters. The zero-order valence-electron chi connectivity index (χ0n) is 3.31. The molecule has 2 N–H and O–H groups in total. The van der Waals surface area contributed by atoms with E-state index in [2.05, 4.69) is 6.92 Å². The Morgan fingerprint density at radius 3 is 2.20 bits per heavy atom. The molecular formula is C3H8N2. The highest BCUT2D eigenvalue weighted by atomic mass is 15.5. The van der Waals surface area contributed by atoms with Crippen molar-refractivity contribution in [2.45, 2.75) is 13.0 Å². The normalized spacial score (nSPS) is 49.2. The molecule has 0 aromatic rings. The van der Waals surface area contributed by atoms with Crippen molar-refractivity contribution in [3.05, 3.63) is 0 Å². The molecule has 5 heavy (non-hydrogen) atoms. The second-order valence-corrected chi connectivity index (χ2v) is 1.55. The highest BCUT2D eigenvalue weighted by molar-refractivity contribution is 4.77. The molecule has 2 atom stereocenters. The predicted octanol–water partition coefficient (Wildman–Crippen LogP) is -0.436. The second kappa shape index (κ2) is 0.698. The van der Waals surface area contributed by atoms with Crippen molar-refractivity contribution < 1.29 is 0 Å². The summed E-state index contributed by atoms with van der Waals surface area (Å²) < 4.78 is 0. The van der Waals surface area contributed by atoms with Crippen LogP contribution in [0.5, 0.6) is 0 Å². The summed E-state index contributed by atoms with van der Waals surface area (Å²) in [5.41, 5.74) is 0. The van der Waals surface area contributed by atoms with Crippen LogP contribution in [0.4, 0.5) is 0 Å². The third-order valence-electron chi connectivity index (χ3n) is 0.908. The lowest BCUT2D eigenvalue weighted by Gasteiger charge is -1.76. The van der Waals surface area contributed by atoms with E-state index in [0.717, 1.165) is 6.54 Å². The highest BCUT2D eigenvalue weighted by Crippen LogP contribution is 2.06. The summed E-state index contributed by atoms with van der Waals surface area (Å²) in [6.07, 6.45) is 0. The lowest BCUT2D eigenvalue weighted by atomic mass is 10.6. The van der Waals surface area contributed by atoms with Gasteiger partial charge in [-0.05, 0) is 6.92 Å². The van der Waals surface area contributed by atoms with Crippen molar-refractivity contribution in [1.29, 1.82) is 0 Å². The van der Waals surface area contributed by atoms with Gasteiger partial charge in [-0.2, -0.15) is 0 Å². The first-order valence-electron chi connectivity index (χ1n) is 1.82. The van der Waals surface area contributed by atoms with Gasteiger partial charge in [0.15, 0.2) is 0 Å². The summed E-state index contributed by atoms with van der Waals surface area (Å²) in [5.74, 6) is 5.20. The molecule has 0 radical (unpaired) electrons. The number of nitrogens with zero attached hydrogens (tertiary/aromatic N) is 1. The zero-order chi connectivity index (χ0) is 3.86. The van der Waals surface area contributed by atoms with Gasteiger partial charge in [0.2, 0.25) is 0 Å². The Labute approximate surface area is 31.5 Å². The molecule has 0 saturated carbocycles. The SMILES string of the molecule is C[C@H]1CN1N. The Morgan fingerprint density at radius 2 is 2.20 bits per heavy atom. The molecule has 1 aliphatic rings. The van der Waals surface area contributed by atoms with Crippen LogP contribution >= 0.6 is 0 Å². The Bertz CT molecular complexity index is 38.2. The smallest absolute Gasteiger partial charge is 0.0354 e. The van der Waals surface area contributed by atoms with E-state index < -0.39 is 0 Å². The Hall–Kier alpha value is -0.0800. The van der Waals surface area contributed by atoms with E-state index in [4.69, 9.17) is 5.84 Å². The topological polar surface area (TPSA) is 29.0 Å². The fourth-order valence-corrected chi connectivity index (χ4v) is 0.258. The highest BCUT2D eigenvalue weighted by Gasteiger charge is 2.23. The number of hydrazine groups is 1. The van der Waals surface area contributed by atoms with Crippen LogP contribution in [0, 0.1) is 0 Å². The maximum absolute atomic E-state index is 5.20. The molecule has 1 aliphatic heterocycles.